The molecule has 0 radical (unpaired) electrons. The second kappa shape index (κ2) is 7.96. The lowest BCUT2D eigenvalue weighted by Crippen LogP contribution is -2.53. The summed E-state index contributed by atoms with van der Waals surface area (Å²) in [5.74, 6) is -2.61. The van der Waals surface area contributed by atoms with E-state index in [-0.39, 0.29) is 30.6 Å². The number of benzene rings is 1. The standard InChI is InChI=1S/C18H24F2N4O4S/c1-3-18(4-2)16(25)24(17(26)21-18)12-22-7-9-23(10-8-22)29(27,28)13-5-6-14(19)15(20)11-13/h5-6,11H,3-4,7-10,12H2,1-2H3,(H,21,26). The van der Waals surface area contributed by atoms with Gasteiger partial charge in [0.1, 0.15) is 5.54 Å². The number of rotatable bonds is 6. The van der Waals surface area contributed by atoms with Crippen molar-refractivity contribution < 1.29 is 26.8 Å². The van der Waals surface area contributed by atoms with Gasteiger partial charge in [-0.05, 0) is 31.0 Å². The minimum Gasteiger partial charge on any atom is -0.323 e. The Morgan fingerprint density at radius 1 is 1.03 bits per heavy atom. The van der Waals surface area contributed by atoms with Gasteiger partial charge < -0.3 is 5.32 Å². The van der Waals surface area contributed by atoms with Crippen molar-refractivity contribution >= 4 is 22.0 Å². The molecule has 160 valence electrons. The van der Waals surface area contributed by atoms with Crippen LogP contribution >= 0.6 is 0 Å². The van der Waals surface area contributed by atoms with Crippen LogP contribution in [0.1, 0.15) is 26.7 Å². The molecule has 2 saturated heterocycles. The van der Waals surface area contributed by atoms with Crippen LogP contribution in [0.25, 0.3) is 0 Å². The van der Waals surface area contributed by atoms with Crippen LogP contribution in [0, 0.1) is 11.6 Å². The number of hydrogen-bond acceptors (Lipinski definition) is 5. The van der Waals surface area contributed by atoms with Gasteiger partial charge in [0.05, 0.1) is 11.6 Å². The lowest BCUT2D eigenvalue weighted by atomic mass is 9.93. The number of sulfonamides is 1. The zero-order valence-corrected chi connectivity index (χ0v) is 17.1. The Balaban J connectivity index is 1.64. The predicted molar refractivity (Wildman–Crippen MR) is 100 cm³/mol. The fourth-order valence-electron chi connectivity index (χ4n) is 3.63. The van der Waals surface area contributed by atoms with Crippen LogP contribution < -0.4 is 5.32 Å². The Labute approximate surface area is 168 Å². The number of imide groups is 1. The van der Waals surface area contributed by atoms with Crippen molar-refractivity contribution in [3.05, 3.63) is 29.8 Å². The highest BCUT2D eigenvalue weighted by Crippen LogP contribution is 2.26. The van der Waals surface area contributed by atoms with Crippen molar-refractivity contribution in [2.75, 3.05) is 32.8 Å². The van der Waals surface area contributed by atoms with E-state index in [9.17, 15) is 26.8 Å². The minimum atomic E-state index is -3.96. The van der Waals surface area contributed by atoms with Crippen molar-refractivity contribution in [1.29, 1.82) is 0 Å². The highest BCUT2D eigenvalue weighted by Gasteiger charge is 2.49. The van der Waals surface area contributed by atoms with Gasteiger partial charge in [-0.2, -0.15) is 4.31 Å². The summed E-state index contributed by atoms with van der Waals surface area (Å²) in [7, 11) is -3.96. The molecule has 2 aliphatic rings. The first kappa shape index (κ1) is 21.6. The van der Waals surface area contributed by atoms with E-state index in [0.29, 0.717) is 32.0 Å². The Kier molecular flexibility index (Phi) is 5.93. The molecule has 1 aromatic rings. The van der Waals surface area contributed by atoms with E-state index >= 15 is 0 Å². The van der Waals surface area contributed by atoms with Crippen molar-refractivity contribution in [2.24, 2.45) is 0 Å². The molecule has 0 saturated carbocycles. The molecule has 0 bridgehead atoms. The number of carbonyl (C=O) groups excluding carboxylic acids is 2. The van der Waals surface area contributed by atoms with E-state index in [4.69, 9.17) is 0 Å². The summed E-state index contributed by atoms with van der Waals surface area (Å²) in [6.45, 7) is 4.57. The number of halogens is 2. The van der Waals surface area contributed by atoms with E-state index < -0.39 is 33.2 Å². The Bertz CT molecular complexity index is 912. The number of carbonyl (C=O) groups is 2. The van der Waals surface area contributed by atoms with Crippen LogP contribution in [0.3, 0.4) is 0 Å². The van der Waals surface area contributed by atoms with Crippen LogP contribution in [0.15, 0.2) is 23.1 Å². The summed E-state index contributed by atoms with van der Waals surface area (Å²) >= 11 is 0. The van der Waals surface area contributed by atoms with Crippen LogP contribution in [0.4, 0.5) is 13.6 Å². The van der Waals surface area contributed by atoms with Gasteiger partial charge in [-0.1, -0.05) is 13.8 Å². The Morgan fingerprint density at radius 2 is 1.66 bits per heavy atom. The summed E-state index contributed by atoms with van der Waals surface area (Å²) in [5.41, 5.74) is -0.880. The van der Waals surface area contributed by atoms with E-state index in [2.05, 4.69) is 5.32 Å². The maximum absolute atomic E-state index is 13.4. The third-order valence-electron chi connectivity index (χ3n) is 5.65. The normalized spacial score (nSPS) is 20.9. The molecule has 0 aromatic heterocycles. The average molecular weight is 430 g/mol. The topological polar surface area (TPSA) is 90.0 Å². The molecule has 2 fully saturated rings. The maximum Gasteiger partial charge on any atom is 0.326 e. The molecule has 0 aliphatic carbocycles. The van der Waals surface area contributed by atoms with Gasteiger partial charge in [-0.25, -0.2) is 26.9 Å². The molecule has 2 aliphatic heterocycles. The molecule has 29 heavy (non-hydrogen) atoms. The first-order chi connectivity index (χ1) is 13.6. The lowest BCUT2D eigenvalue weighted by molar-refractivity contribution is -0.133. The number of nitrogens with zero attached hydrogens (tertiary/aromatic N) is 3. The summed E-state index contributed by atoms with van der Waals surface area (Å²) < 4.78 is 53.0. The largest absolute Gasteiger partial charge is 0.326 e. The van der Waals surface area contributed by atoms with E-state index in [1.807, 2.05) is 18.7 Å². The molecule has 11 heteroatoms. The SMILES string of the molecule is CCC1(CC)NC(=O)N(CN2CCN(S(=O)(=O)c3ccc(F)c(F)c3)CC2)C1=O. The quantitative estimate of drug-likeness (QED) is 0.688. The highest BCUT2D eigenvalue weighted by atomic mass is 32.2. The zero-order valence-electron chi connectivity index (χ0n) is 16.3. The van der Waals surface area contributed by atoms with Gasteiger partial charge in [0.15, 0.2) is 11.6 Å². The molecule has 1 N–H and O–H groups in total. The molecule has 0 spiro atoms. The fraction of sp³-hybridized carbons (Fsp3) is 0.556. The van der Waals surface area contributed by atoms with Crippen LogP contribution in [0.5, 0.6) is 0 Å². The summed E-state index contributed by atoms with van der Waals surface area (Å²) in [6, 6.07) is 2.03. The summed E-state index contributed by atoms with van der Waals surface area (Å²) in [5, 5.41) is 2.76. The second-order valence-corrected chi connectivity index (χ2v) is 9.13. The average Bonchev–Trinajstić information content (AvgIpc) is 2.95. The lowest BCUT2D eigenvalue weighted by Gasteiger charge is -2.35. The molecule has 2 heterocycles. The molecule has 3 rings (SSSR count). The van der Waals surface area contributed by atoms with Crippen molar-refractivity contribution in [1.82, 2.24) is 19.4 Å². The summed E-state index contributed by atoms with van der Waals surface area (Å²) in [4.78, 5) is 27.6. The Hall–Kier alpha value is -2.11. The van der Waals surface area contributed by atoms with Crippen molar-refractivity contribution in [2.45, 2.75) is 37.1 Å². The number of nitrogens with one attached hydrogen (secondary N) is 1. The molecular weight excluding hydrogens is 406 g/mol. The van der Waals surface area contributed by atoms with E-state index in [0.717, 1.165) is 17.0 Å². The van der Waals surface area contributed by atoms with Gasteiger partial charge in [0.25, 0.3) is 5.91 Å². The van der Waals surface area contributed by atoms with Crippen LogP contribution in [-0.4, -0.2) is 72.8 Å². The summed E-state index contributed by atoms with van der Waals surface area (Å²) in [6.07, 6.45) is 0.982. The molecule has 8 nitrogen and oxygen atoms in total. The smallest absolute Gasteiger partial charge is 0.323 e. The van der Waals surface area contributed by atoms with Gasteiger partial charge in [-0.15, -0.1) is 0 Å². The fourth-order valence-corrected chi connectivity index (χ4v) is 5.07. The number of hydrogen-bond donors (Lipinski definition) is 1. The molecule has 3 amide bonds. The third-order valence-corrected chi connectivity index (χ3v) is 7.55. The first-order valence-corrected chi connectivity index (χ1v) is 10.9. The molecule has 0 unspecified atom stereocenters. The third kappa shape index (κ3) is 3.86. The Morgan fingerprint density at radius 3 is 2.17 bits per heavy atom. The molecular formula is C18H24F2N4O4S. The number of urea groups is 1. The van der Waals surface area contributed by atoms with Crippen molar-refractivity contribution in [3.8, 4) is 0 Å². The predicted octanol–water partition coefficient (Wildman–Crippen LogP) is 1.34. The van der Waals surface area contributed by atoms with E-state index in [1.165, 1.54) is 4.31 Å². The zero-order chi connectivity index (χ0) is 21.4. The second-order valence-electron chi connectivity index (χ2n) is 7.19. The van der Waals surface area contributed by atoms with Gasteiger partial charge in [-0.3, -0.25) is 9.69 Å². The maximum atomic E-state index is 13.4. The number of piperazine rings is 1. The van der Waals surface area contributed by atoms with Crippen molar-refractivity contribution in [3.63, 3.8) is 0 Å². The van der Waals surface area contributed by atoms with Crippen LogP contribution in [-0.2, 0) is 14.8 Å². The monoisotopic (exact) mass is 430 g/mol. The highest BCUT2D eigenvalue weighted by molar-refractivity contribution is 7.89. The van der Waals surface area contributed by atoms with E-state index in [1.54, 1.807) is 0 Å². The van der Waals surface area contributed by atoms with Crippen LogP contribution in [0.2, 0.25) is 0 Å². The van der Waals surface area contributed by atoms with Gasteiger partial charge >= 0.3 is 6.03 Å². The van der Waals surface area contributed by atoms with Gasteiger partial charge in [0.2, 0.25) is 10.0 Å². The molecule has 0 atom stereocenters. The number of amides is 3. The van der Waals surface area contributed by atoms with Gasteiger partial charge in [0, 0.05) is 26.2 Å². The first-order valence-electron chi connectivity index (χ1n) is 9.46. The minimum absolute atomic E-state index is 0.0749. The molecule has 1 aromatic carbocycles.